The lowest BCUT2D eigenvalue weighted by Crippen LogP contribution is -2.22. The topological polar surface area (TPSA) is 58.7 Å². The standard InChI is InChI=1S/C18H15N3OS/c1-2-21-17(22)15-9-5-6-10-16(15)20-18(21)23-12-14-8-4-3-7-13(14)11-19/h3-10H,2,12H2,1H3. The van der Waals surface area contributed by atoms with Crippen LogP contribution in [-0.2, 0) is 12.3 Å². The fraction of sp³-hybridized carbons (Fsp3) is 0.167. The highest BCUT2D eigenvalue weighted by Crippen LogP contribution is 2.23. The van der Waals surface area contributed by atoms with Crippen molar-refractivity contribution in [3.8, 4) is 6.07 Å². The predicted octanol–water partition coefficient (Wildman–Crippen LogP) is 3.58. The largest absolute Gasteiger partial charge is 0.287 e. The van der Waals surface area contributed by atoms with E-state index in [1.165, 1.54) is 11.8 Å². The summed E-state index contributed by atoms with van der Waals surface area (Å²) >= 11 is 1.48. The average molecular weight is 321 g/mol. The molecule has 1 aromatic heterocycles. The van der Waals surface area contributed by atoms with Crippen molar-refractivity contribution in [1.29, 1.82) is 5.26 Å². The summed E-state index contributed by atoms with van der Waals surface area (Å²) in [5.41, 5.74) is 2.30. The Kier molecular flexibility index (Phi) is 4.45. The number of hydrogen-bond donors (Lipinski definition) is 0. The molecule has 114 valence electrons. The Bertz CT molecular complexity index is 956. The Morgan fingerprint density at radius 1 is 1.17 bits per heavy atom. The maximum Gasteiger partial charge on any atom is 0.262 e. The molecule has 0 radical (unpaired) electrons. The van der Waals surface area contributed by atoms with Gasteiger partial charge in [0.15, 0.2) is 5.16 Å². The lowest BCUT2D eigenvalue weighted by molar-refractivity contribution is 0.634. The van der Waals surface area contributed by atoms with Crippen LogP contribution in [0.25, 0.3) is 10.9 Å². The summed E-state index contributed by atoms with van der Waals surface area (Å²) in [7, 11) is 0. The molecule has 0 saturated carbocycles. The molecule has 0 aliphatic carbocycles. The van der Waals surface area contributed by atoms with Gasteiger partial charge in [-0.1, -0.05) is 42.1 Å². The molecule has 1 heterocycles. The molecule has 0 aliphatic heterocycles. The van der Waals surface area contributed by atoms with E-state index in [9.17, 15) is 10.1 Å². The fourth-order valence-electron chi connectivity index (χ4n) is 2.43. The van der Waals surface area contributed by atoms with Crippen LogP contribution in [0.15, 0.2) is 58.5 Å². The second-order valence-corrected chi connectivity index (χ2v) is 5.96. The van der Waals surface area contributed by atoms with Crippen LogP contribution in [0.5, 0.6) is 0 Å². The van der Waals surface area contributed by atoms with E-state index >= 15 is 0 Å². The molecule has 4 nitrogen and oxygen atoms in total. The highest BCUT2D eigenvalue weighted by atomic mass is 32.2. The lowest BCUT2D eigenvalue weighted by atomic mass is 10.1. The Balaban J connectivity index is 2.00. The van der Waals surface area contributed by atoms with Crippen molar-refractivity contribution in [2.75, 3.05) is 0 Å². The van der Waals surface area contributed by atoms with Crippen LogP contribution in [0.3, 0.4) is 0 Å². The first-order valence-corrected chi connectivity index (χ1v) is 8.33. The number of rotatable bonds is 4. The summed E-state index contributed by atoms with van der Waals surface area (Å²) in [4.78, 5) is 17.2. The van der Waals surface area contributed by atoms with Gasteiger partial charge in [-0.15, -0.1) is 0 Å². The number of thioether (sulfide) groups is 1. The molecule has 23 heavy (non-hydrogen) atoms. The van der Waals surface area contributed by atoms with Gasteiger partial charge in [-0.25, -0.2) is 4.98 Å². The molecule has 0 saturated heterocycles. The molecular weight excluding hydrogens is 306 g/mol. The molecular formula is C18H15N3OS. The predicted molar refractivity (Wildman–Crippen MR) is 92.4 cm³/mol. The van der Waals surface area contributed by atoms with Crippen LogP contribution >= 0.6 is 11.8 Å². The first-order chi connectivity index (χ1) is 11.2. The summed E-state index contributed by atoms with van der Waals surface area (Å²) in [5, 5.41) is 10.5. The van der Waals surface area contributed by atoms with Crippen molar-refractivity contribution in [3.05, 3.63) is 70.0 Å². The Hall–Kier alpha value is -2.58. The maximum atomic E-state index is 12.6. The van der Waals surface area contributed by atoms with E-state index in [1.807, 2.05) is 43.3 Å². The third kappa shape index (κ3) is 2.99. The number of hydrogen-bond acceptors (Lipinski definition) is 4. The van der Waals surface area contributed by atoms with E-state index < -0.39 is 0 Å². The normalized spacial score (nSPS) is 10.6. The number of aromatic nitrogens is 2. The van der Waals surface area contributed by atoms with Gasteiger partial charge in [0.1, 0.15) is 0 Å². The SMILES string of the molecule is CCn1c(SCc2ccccc2C#N)nc2ccccc2c1=O. The minimum absolute atomic E-state index is 0.0193. The van der Waals surface area contributed by atoms with Gasteiger partial charge in [0.25, 0.3) is 5.56 Å². The minimum Gasteiger partial charge on any atom is -0.287 e. The molecule has 3 rings (SSSR count). The van der Waals surface area contributed by atoms with Gasteiger partial charge in [0.05, 0.1) is 22.5 Å². The Morgan fingerprint density at radius 3 is 2.70 bits per heavy atom. The van der Waals surface area contributed by atoms with Gasteiger partial charge in [-0.05, 0) is 30.7 Å². The Morgan fingerprint density at radius 2 is 1.91 bits per heavy atom. The first-order valence-electron chi connectivity index (χ1n) is 7.35. The van der Waals surface area contributed by atoms with Gasteiger partial charge in [-0.2, -0.15) is 5.26 Å². The molecule has 3 aromatic rings. The number of nitriles is 1. The third-order valence-electron chi connectivity index (χ3n) is 3.64. The van der Waals surface area contributed by atoms with E-state index in [0.29, 0.717) is 33.9 Å². The van der Waals surface area contributed by atoms with Crippen molar-refractivity contribution in [3.63, 3.8) is 0 Å². The maximum absolute atomic E-state index is 12.6. The van der Waals surface area contributed by atoms with E-state index in [4.69, 9.17) is 0 Å². The summed E-state index contributed by atoms with van der Waals surface area (Å²) in [6.45, 7) is 2.50. The Labute approximate surface area is 138 Å². The van der Waals surface area contributed by atoms with Crippen molar-refractivity contribution in [2.45, 2.75) is 24.4 Å². The number of benzene rings is 2. The van der Waals surface area contributed by atoms with Gasteiger partial charge >= 0.3 is 0 Å². The fourth-order valence-corrected chi connectivity index (χ4v) is 3.50. The average Bonchev–Trinajstić information content (AvgIpc) is 2.60. The first kappa shape index (κ1) is 15.3. The van der Waals surface area contributed by atoms with Crippen molar-refractivity contribution in [2.24, 2.45) is 0 Å². The number of fused-ring (bicyclic) bond motifs is 1. The summed E-state index contributed by atoms with van der Waals surface area (Å²) in [6.07, 6.45) is 0. The zero-order valence-electron chi connectivity index (χ0n) is 12.7. The molecule has 2 aromatic carbocycles. The van der Waals surface area contributed by atoms with Crippen molar-refractivity contribution in [1.82, 2.24) is 9.55 Å². The molecule has 0 spiro atoms. The zero-order chi connectivity index (χ0) is 16.2. The van der Waals surface area contributed by atoms with Gasteiger partial charge < -0.3 is 0 Å². The highest BCUT2D eigenvalue weighted by molar-refractivity contribution is 7.98. The molecule has 5 heteroatoms. The van der Waals surface area contributed by atoms with Crippen molar-refractivity contribution < 1.29 is 0 Å². The molecule has 0 amide bonds. The monoisotopic (exact) mass is 321 g/mol. The van der Waals surface area contributed by atoms with E-state index in [-0.39, 0.29) is 5.56 Å². The van der Waals surface area contributed by atoms with Gasteiger partial charge in [-0.3, -0.25) is 9.36 Å². The quantitative estimate of drug-likeness (QED) is 0.544. The number of para-hydroxylation sites is 1. The van der Waals surface area contributed by atoms with E-state index in [2.05, 4.69) is 11.1 Å². The second-order valence-electron chi connectivity index (χ2n) is 5.02. The van der Waals surface area contributed by atoms with Crippen LogP contribution in [0.2, 0.25) is 0 Å². The second kappa shape index (κ2) is 6.67. The third-order valence-corrected chi connectivity index (χ3v) is 4.66. The van der Waals surface area contributed by atoms with Crippen LogP contribution in [0.4, 0.5) is 0 Å². The summed E-state index contributed by atoms with van der Waals surface area (Å²) in [6, 6.07) is 17.1. The molecule has 0 bridgehead atoms. The van der Waals surface area contributed by atoms with Crippen molar-refractivity contribution >= 4 is 22.7 Å². The van der Waals surface area contributed by atoms with Crippen LogP contribution in [0, 0.1) is 11.3 Å². The molecule has 0 unspecified atom stereocenters. The highest BCUT2D eigenvalue weighted by Gasteiger charge is 2.11. The van der Waals surface area contributed by atoms with Crippen LogP contribution < -0.4 is 5.56 Å². The number of nitrogens with zero attached hydrogens (tertiary/aromatic N) is 3. The molecule has 0 N–H and O–H groups in total. The van der Waals surface area contributed by atoms with Crippen LogP contribution in [0.1, 0.15) is 18.1 Å². The molecule has 0 fully saturated rings. The summed E-state index contributed by atoms with van der Waals surface area (Å²) < 4.78 is 1.68. The molecule has 0 aliphatic rings. The van der Waals surface area contributed by atoms with E-state index in [1.54, 1.807) is 16.7 Å². The lowest BCUT2D eigenvalue weighted by Gasteiger charge is -2.11. The van der Waals surface area contributed by atoms with Crippen LogP contribution in [-0.4, -0.2) is 9.55 Å². The molecule has 0 atom stereocenters. The smallest absolute Gasteiger partial charge is 0.262 e. The van der Waals surface area contributed by atoms with Gasteiger partial charge in [0, 0.05) is 12.3 Å². The zero-order valence-corrected chi connectivity index (χ0v) is 13.5. The minimum atomic E-state index is -0.0193. The van der Waals surface area contributed by atoms with Gasteiger partial charge in [0.2, 0.25) is 0 Å². The van der Waals surface area contributed by atoms with E-state index in [0.717, 1.165) is 5.56 Å². The summed E-state index contributed by atoms with van der Waals surface area (Å²) in [5.74, 6) is 0.606.